The molecule has 1 aliphatic rings. The van der Waals surface area contributed by atoms with Crippen molar-refractivity contribution in [3.8, 4) is 5.69 Å². The molecule has 1 atom stereocenters. The van der Waals surface area contributed by atoms with Gasteiger partial charge in [0.1, 0.15) is 17.7 Å². The van der Waals surface area contributed by atoms with Gasteiger partial charge < -0.3 is 14.8 Å². The molecule has 0 radical (unpaired) electrons. The minimum Gasteiger partial charge on any atom is -0.318 e. The predicted molar refractivity (Wildman–Crippen MR) is 120 cm³/mol. The summed E-state index contributed by atoms with van der Waals surface area (Å²) in [6, 6.07) is 20.7. The Bertz CT molecular complexity index is 1320. The third-order valence-corrected chi connectivity index (χ3v) is 5.94. The molecule has 7 heteroatoms. The Labute approximate surface area is 188 Å². The van der Waals surface area contributed by atoms with Crippen molar-refractivity contribution in [3.05, 3.63) is 119 Å². The van der Waals surface area contributed by atoms with Gasteiger partial charge in [0, 0.05) is 17.3 Å². The second-order valence-corrected chi connectivity index (χ2v) is 7.95. The number of nitrogens with zero attached hydrogens (tertiary/aromatic N) is 2. The average molecular weight is 450 g/mol. The molecule has 1 aromatic heterocycles. The molecule has 0 unspecified atom stereocenters. The summed E-state index contributed by atoms with van der Waals surface area (Å²) >= 11 is 6.55. The van der Waals surface area contributed by atoms with Crippen LogP contribution < -0.4 is 5.32 Å². The van der Waals surface area contributed by atoms with E-state index in [-0.39, 0.29) is 12.2 Å². The standard InChI is InChI=1S/C25H18ClF2N3O/c26-19-8-3-2-7-18(19)24-23-10-5-13-30(23)22-9-4-1-6-16(22)15-31(24)25(32)29-21-14-17(27)11-12-20(21)28/h1-14,24H,15H2,(H,29,32)/t24-/m0/s1. The lowest BCUT2D eigenvalue weighted by Crippen LogP contribution is -2.38. The van der Waals surface area contributed by atoms with Crippen molar-refractivity contribution in [2.75, 3.05) is 5.32 Å². The predicted octanol–water partition coefficient (Wildman–Crippen LogP) is 6.55. The van der Waals surface area contributed by atoms with Crippen molar-refractivity contribution in [3.63, 3.8) is 0 Å². The molecule has 1 N–H and O–H groups in total. The van der Waals surface area contributed by atoms with Crippen molar-refractivity contribution >= 4 is 23.3 Å². The number of aromatic nitrogens is 1. The summed E-state index contributed by atoms with van der Waals surface area (Å²) < 4.78 is 30.0. The second kappa shape index (κ2) is 8.13. The monoisotopic (exact) mass is 449 g/mol. The number of carbonyl (C=O) groups excluding carboxylic acids is 1. The van der Waals surface area contributed by atoms with E-state index >= 15 is 0 Å². The first-order valence-electron chi connectivity index (χ1n) is 10.1. The van der Waals surface area contributed by atoms with Crippen LogP contribution in [0.15, 0.2) is 85.1 Å². The van der Waals surface area contributed by atoms with Gasteiger partial charge >= 0.3 is 6.03 Å². The van der Waals surface area contributed by atoms with Gasteiger partial charge in [-0.3, -0.25) is 0 Å². The second-order valence-electron chi connectivity index (χ2n) is 7.54. The average Bonchev–Trinajstić information content (AvgIpc) is 3.21. The Kier molecular flexibility index (Phi) is 5.15. The van der Waals surface area contributed by atoms with E-state index in [9.17, 15) is 13.6 Å². The van der Waals surface area contributed by atoms with Crippen LogP contribution in [0.25, 0.3) is 5.69 Å². The van der Waals surface area contributed by atoms with Gasteiger partial charge in [0.2, 0.25) is 0 Å². The topological polar surface area (TPSA) is 37.3 Å². The molecule has 32 heavy (non-hydrogen) atoms. The van der Waals surface area contributed by atoms with E-state index in [1.54, 1.807) is 11.0 Å². The van der Waals surface area contributed by atoms with E-state index in [4.69, 9.17) is 11.6 Å². The smallest absolute Gasteiger partial charge is 0.318 e. The number of hydrogen-bond acceptors (Lipinski definition) is 1. The molecular weight excluding hydrogens is 432 g/mol. The highest BCUT2D eigenvalue weighted by atomic mass is 35.5. The highest BCUT2D eigenvalue weighted by Crippen LogP contribution is 2.39. The van der Waals surface area contributed by atoms with Crippen LogP contribution in [-0.4, -0.2) is 15.5 Å². The van der Waals surface area contributed by atoms with Crippen LogP contribution in [0, 0.1) is 11.6 Å². The number of hydrogen-bond donors (Lipinski definition) is 1. The van der Waals surface area contributed by atoms with Crippen molar-refractivity contribution in [2.24, 2.45) is 0 Å². The van der Waals surface area contributed by atoms with Crippen LogP contribution >= 0.6 is 11.6 Å². The Balaban J connectivity index is 1.66. The molecular formula is C25H18ClF2N3O. The van der Waals surface area contributed by atoms with Gasteiger partial charge in [-0.25, -0.2) is 13.6 Å². The molecule has 1 aliphatic heterocycles. The van der Waals surface area contributed by atoms with Crippen molar-refractivity contribution in [2.45, 2.75) is 12.6 Å². The minimum atomic E-state index is -0.715. The van der Waals surface area contributed by atoms with E-state index in [1.807, 2.05) is 65.4 Å². The van der Waals surface area contributed by atoms with Crippen LogP contribution in [-0.2, 0) is 6.54 Å². The van der Waals surface area contributed by atoms with Crippen molar-refractivity contribution in [1.29, 1.82) is 0 Å². The Hall–Kier alpha value is -3.64. The molecule has 0 saturated carbocycles. The van der Waals surface area contributed by atoms with Crippen LogP contribution in [0.4, 0.5) is 19.3 Å². The SMILES string of the molecule is O=C(Nc1cc(F)ccc1F)N1Cc2ccccc2-n2cccc2[C@@H]1c1ccccc1Cl. The van der Waals surface area contributed by atoms with Crippen LogP contribution in [0.1, 0.15) is 22.9 Å². The van der Waals surface area contributed by atoms with Gasteiger partial charge in [0.15, 0.2) is 0 Å². The maximum atomic E-state index is 14.3. The first-order chi connectivity index (χ1) is 15.5. The number of urea groups is 1. The van der Waals surface area contributed by atoms with Gasteiger partial charge in [-0.15, -0.1) is 0 Å². The zero-order chi connectivity index (χ0) is 22.2. The normalized spacial score (nSPS) is 15.0. The van der Waals surface area contributed by atoms with E-state index in [0.29, 0.717) is 5.02 Å². The fourth-order valence-electron chi connectivity index (χ4n) is 4.14. The quantitative estimate of drug-likeness (QED) is 0.370. The summed E-state index contributed by atoms with van der Waals surface area (Å²) in [7, 11) is 0. The summed E-state index contributed by atoms with van der Waals surface area (Å²) in [5, 5.41) is 3.05. The lowest BCUT2D eigenvalue weighted by molar-refractivity contribution is 0.194. The molecule has 0 fully saturated rings. The van der Waals surface area contributed by atoms with Gasteiger partial charge in [0.05, 0.1) is 23.6 Å². The molecule has 160 valence electrons. The van der Waals surface area contributed by atoms with Crippen LogP contribution in [0.2, 0.25) is 5.02 Å². The van der Waals surface area contributed by atoms with Gasteiger partial charge in [-0.05, 0) is 47.5 Å². The summed E-state index contributed by atoms with van der Waals surface area (Å²) in [5.74, 6) is -1.35. The van der Waals surface area contributed by atoms with Gasteiger partial charge in [0.25, 0.3) is 0 Å². The number of benzene rings is 3. The molecule has 4 aromatic rings. The largest absolute Gasteiger partial charge is 0.323 e. The fourth-order valence-corrected chi connectivity index (χ4v) is 4.38. The third kappa shape index (κ3) is 3.52. The number of fused-ring (bicyclic) bond motifs is 3. The lowest BCUT2D eigenvalue weighted by Gasteiger charge is -2.31. The maximum absolute atomic E-state index is 14.3. The number of amides is 2. The maximum Gasteiger partial charge on any atom is 0.323 e. The molecule has 0 spiro atoms. The van der Waals surface area contributed by atoms with E-state index in [0.717, 1.165) is 40.7 Å². The first kappa shape index (κ1) is 20.3. The summed E-state index contributed by atoms with van der Waals surface area (Å²) in [4.78, 5) is 15.1. The van der Waals surface area contributed by atoms with Gasteiger partial charge in [-0.2, -0.15) is 0 Å². The van der Waals surface area contributed by atoms with Crippen molar-refractivity contribution in [1.82, 2.24) is 9.47 Å². The summed E-state index contributed by atoms with van der Waals surface area (Å²) in [6.07, 6.45) is 1.94. The molecule has 5 rings (SSSR count). The fraction of sp³-hybridized carbons (Fsp3) is 0.0800. The molecule has 3 aromatic carbocycles. The molecule has 0 saturated heterocycles. The summed E-state index contributed by atoms with van der Waals surface area (Å²) in [5.41, 5.74) is 3.20. The molecule has 2 heterocycles. The van der Waals surface area contributed by atoms with E-state index in [1.165, 1.54) is 0 Å². The Morgan fingerprint density at radius 2 is 1.75 bits per heavy atom. The molecule has 4 nitrogen and oxygen atoms in total. The highest BCUT2D eigenvalue weighted by Gasteiger charge is 2.34. The minimum absolute atomic E-state index is 0.221. The highest BCUT2D eigenvalue weighted by molar-refractivity contribution is 6.31. The zero-order valence-corrected chi connectivity index (χ0v) is 17.6. The summed E-state index contributed by atoms with van der Waals surface area (Å²) in [6.45, 7) is 0.247. The Morgan fingerprint density at radius 1 is 0.969 bits per heavy atom. The van der Waals surface area contributed by atoms with Crippen LogP contribution in [0.3, 0.4) is 0 Å². The number of rotatable bonds is 2. The number of halogens is 3. The Morgan fingerprint density at radius 3 is 2.59 bits per heavy atom. The molecule has 0 bridgehead atoms. The van der Waals surface area contributed by atoms with E-state index in [2.05, 4.69) is 5.32 Å². The third-order valence-electron chi connectivity index (χ3n) is 5.59. The van der Waals surface area contributed by atoms with Gasteiger partial charge in [-0.1, -0.05) is 48.0 Å². The van der Waals surface area contributed by atoms with Crippen molar-refractivity contribution < 1.29 is 13.6 Å². The number of anilines is 1. The number of nitrogens with one attached hydrogen (secondary N) is 1. The molecule has 2 amide bonds. The zero-order valence-electron chi connectivity index (χ0n) is 16.8. The number of para-hydroxylation sites is 1. The molecule has 0 aliphatic carbocycles. The van der Waals surface area contributed by atoms with E-state index < -0.39 is 23.7 Å². The lowest BCUT2D eigenvalue weighted by atomic mass is 10.0. The number of carbonyl (C=O) groups is 1. The van der Waals surface area contributed by atoms with Crippen LogP contribution in [0.5, 0.6) is 0 Å². The first-order valence-corrected chi connectivity index (χ1v) is 10.4.